The topological polar surface area (TPSA) is 0 Å². The fraction of sp³-hybridized carbons (Fsp3) is 0. The molecule has 0 saturated carbocycles. The lowest BCUT2D eigenvalue weighted by Crippen LogP contribution is -1.85. The van der Waals surface area contributed by atoms with Crippen molar-refractivity contribution in [3.63, 3.8) is 0 Å². The number of halogens is 2. The fourth-order valence-electron chi connectivity index (χ4n) is 2.98. The molecule has 0 aliphatic carbocycles. The minimum Gasteiger partial charge on any atom is -0.0843 e. The van der Waals surface area contributed by atoms with Crippen LogP contribution >= 0.6 is 27.5 Å². The molecule has 0 radical (unpaired) electrons. The van der Waals surface area contributed by atoms with Gasteiger partial charge in [-0.2, -0.15) is 0 Å². The van der Waals surface area contributed by atoms with E-state index < -0.39 is 0 Å². The first-order valence-corrected chi connectivity index (χ1v) is 8.27. The highest BCUT2D eigenvalue weighted by atomic mass is 79.9. The normalized spacial score (nSPS) is 11.2. The summed E-state index contributed by atoms with van der Waals surface area (Å²) in [4.78, 5) is 0. The smallest absolute Gasteiger partial charge is 0.0417 e. The Hall–Kier alpha value is -1.83. The standard InChI is InChI=1S/C20H12BrCl/c21-20-12-14(22)9-10-18(20)19-11-13-5-1-2-6-15(13)16-7-3-4-8-17(16)19/h1-12H. The molecule has 22 heavy (non-hydrogen) atoms. The third-order valence-electron chi connectivity index (χ3n) is 3.99. The molecule has 0 fully saturated rings. The fourth-order valence-corrected chi connectivity index (χ4v) is 3.88. The molecule has 0 saturated heterocycles. The molecule has 4 rings (SSSR count). The van der Waals surface area contributed by atoms with Gasteiger partial charge in [-0.05, 0) is 50.9 Å². The van der Waals surface area contributed by atoms with Crippen molar-refractivity contribution in [2.75, 3.05) is 0 Å². The third kappa shape index (κ3) is 2.22. The van der Waals surface area contributed by atoms with Gasteiger partial charge in [0, 0.05) is 9.50 Å². The van der Waals surface area contributed by atoms with Crippen molar-refractivity contribution in [3.8, 4) is 11.1 Å². The first-order valence-electron chi connectivity index (χ1n) is 7.10. The Labute approximate surface area is 142 Å². The Morgan fingerprint density at radius 3 is 2.09 bits per heavy atom. The number of hydrogen-bond donors (Lipinski definition) is 0. The summed E-state index contributed by atoms with van der Waals surface area (Å²) >= 11 is 9.74. The van der Waals surface area contributed by atoms with Crippen LogP contribution in [0.25, 0.3) is 32.7 Å². The van der Waals surface area contributed by atoms with E-state index in [1.165, 1.54) is 27.1 Å². The van der Waals surface area contributed by atoms with Gasteiger partial charge in [0.25, 0.3) is 0 Å². The van der Waals surface area contributed by atoms with E-state index in [4.69, 9.17) is 11.6 Å². The number of rotatable bonds is 1. The van der Waals surface area contributed by atoms with Gasteiger partial charge in [-0.1, -0.05) is 82.1 Å². The maximum absolute atomic E-state index is 6.09. The molecule has 4 aromatic carbocycles. The van der Waals surface area contributed by atoms with Crippen LogP contribution in [0.2, 0.25) is 5.02 Å². The molecule has 0 heterocycles. The van der Waals surface area contributed by atoms with Crippen molar-refractivity contribution >= 4 is 49.1 Å². The van der Waals surface area contributed by atoms with Gasteiger partial charge < -0.3 is 0 Å². The molecule has 0 aliphatic rings. The summed E-state index contributed by atoms with van der Waals surface area (Å²) in [6.45, 7) is 0. The Morgan fingerprint density at radius 2 is 1.32 bits per heavy atom. The lowest BCUT2D eigenvalue weighted by molar-refractivity contribution is 1.62. The minimum atomic E-state index is 0.737. The van der Waals surface area contributed by atoms with E-state index in [2.05, 4.69) is 76.6 Å². The van der Waals surface area contributed by atoms with Crippen LogP contribution in [0, 0.1) is 0 Å². The Balaban J connectivity index is 2.16. The Bertz CT molecular complexity index is 1000. The zero-order valence-electron chi connectivity index (χ0n) is 11.7. The van der Waals surface area contributed by atoms with Crippen LogP contribution < -0.4 is 0 Å². The highest BCUT2D eigenvalue weighted by Gasteiger charge is 2.10. The summed E-state index contributed by atoms with van der Waals surface area (Å²) in [5.74, 6) is 0. The van der Waals surface area contributed by atoms with E-state index in [0.717, 1.165) is 15.1 Å². The molecule has 0 atom stereocenters. The molecule has 0 nitrogen and oxygen atoms in total. The predicted octanol–water partition coefficient (Wildman–Crippen LogP) is 7.08. The summed E-state index contributed by atoms with van der Waals surface area (Å²) in [5, 5.41) is 5.80. The third-order valence-corrected chi connectivity index (χ3v) is 4.88. The van der Waals surface area contributed by atoms with E-state index in [1.54, 1.807) is 0 Å². The highest BCUT2D eigenvalue weighted by molar-refractivity contribution is 9.10. The average molecular weight is 368 g/mol. The van der Waals surface area contributed by atoms with Crippen molar-refractivity contribution in [3.05, 3.63) is 82.3 Å². The quantitative estimate of drug-likeness (QED) is 0.315. The van der Waals surface area contributed by atoms with Crippen LogP contribution in [0.3, 0.4) is 0 Å². The van der Waals surface area contributed by atoms with Gasteiger partial charge in [-0.15, -0.1) is 0 Å². The van der Waals surface area contributed by atoms with Crippen molar-refractivity contribution in [1.82, 2.24) is 0 Å². The first kappa shape index (κ1) is 13.8. The zero-order chi connectivity index (χ0) is 15.1. The monoisotopic (exact) mass is 366 g/mol. The Kier molecular flexibility index (Phi) is 3.40. The molecule has 106 valence electrons. The van der Waals surface area contributed by atoms with Crippen molar-refractivity contribution in [2.45, 2.75) is 0 Å². The summed E-state index contributed by atoms with van der Waals surface area (Å²) in [7, 11) is 0. The second-order valence-electron chi connectivity index (χ2n) is 5.32. The van der Waals surface area contributed by atoms with E-state index >= 15 is 0 Å². The van der Waals surface area contributed by atoms with Crippen LogP contribution in [0.1, 0.15) is 0 Å². The second-order valence-corrected chi connectivity index (χ2v) is 6.61. The second kappa shape index (κ2) is 5.42. The molecule has 0 spiro atoms. The molecule has 4 aromatic rings. The molecule has 0 unspecified atom stereocenters. The molecular formula is C20H12BrCl. The van der Waals surface area contributed by atoms with E-state index in [9.17, 15) is 0 Å². The van der Waals surface area contributed by atoms with Gasteiger partial charge in [0.2, 0.25) is 0 Å². The number of fused-ring (bicyclic) bond motifs is 3. The molecule has 0 amide bonds. The van der Waals surface area contributed by atoms with Gasteiger partial charge in [-0.3, -0.25) is 0 Å². The molecule has 0 N–H and O–H groups in total. The van der Waals surface area contributed by atoms with Gasteiger partial charge in [0.15, 0.2) is 0 Å². The minimum absolute atomic E-state index is 0.737. The van der Waals surface area contributed by atoms with Crippen LogP contribution in [0.4, 0.5) is 0 Å². The van der Waals surface area contributed by atoms with E-state index in [-0.39, 0.29) is 0 Å². The lowest BCUT2D eigenvalue weighted by atomic mass is 9.93. The van der Waals surface area contributed by atoms with Gasteiger partial charge >= 0.3 is 0 Å². The van der Waals surface area contributed by atoms with Crippen molar-refractivity contribution < 1.29 is 0 Å². The molecule has 0 aliphatic heterocycles. The molecule has 0 aromatic heterocycles. The highest BCUT2D eigenvalue weighted by Crippen LogP contribution is 2.38. The zero-order valence-corrected chi connectivity index (χ0v) is 14.0. The molecule has 0 bridgehead atoms. The van der Waals surface area contributed by atoms with Crippen LogP contribution in [0.15, 0.2) is 77.3 Å². The summed E-state index contributed by atoms with van der Waals surface area (Å²) in [6.07, 6.45) is 0. The summed E-state index contributed by atoms with van der Waals surface area (Å²) in [5.41, 5.74) is 2.38. The van der Waals surface area contributed by atoms with Gasteiger partial charge in [-0.25, -0.2) is 0 Å². The first-order chi connectivity index (χ1) is 10.7. The number of benzene rings is 4. The van der Waals surface area contributed by atoms with Gasteiger partial charge in [0.1, 0.15) is 0 Å². The van der Waals surface area contributed by atoms with E-state index in [1.807, 2.05) is 12.1 Å². The maximum atomic E-state index is 6.09. The van der Waals surface area contributed by atoms with Crippen molar-refractivity contribution in [2.24, 2.45) is 0 Å². The largest absolute Gasteiger partial charge is 0.0843 e. The lowest BCUT2D eigenvalue weighted by Gasteiger charge is -2.12. The average Bonchev–Trinajstić information content (AvgIpc) is 2.54. The maximum Gasteiger partial charge on any atom is 0.0417 e. The molecular weight excluding hydrogens is 356 g/mol. The van der Waals surface area contributed by atoms with Crippen LogP contribution in [0.5, 0.6) is 0 Å². The summed E-state index contributed by atoms with van der Waals surface area (Å²) < 4.78 is 1.01. The Morgan fingerprint density at radius 1 is 0.636 bits per heavy atom. The predicted molar refractivity (Wildman–Crippen MR) is 99.6 cm³/mol. The number of hydrogen-bond acceptors (Lipinski definition) is 0. The van der Waals surface area contributed by atoms with Crippen molar-refractivity contribution in [1.29, 1.82) is 0 Å². The van der Waals surface area contributed by atoms with Crippen LogP contribution in [-0.2, 0) is 0 Å². The molecule has 2 heteroatoms. The van der Waals surface area contributed by atoms with Crippen LogP contribution in [-0.4, -0.2) is 0 Å². The van der Waals surface area contributed by atoms with E-state index in [0.29, 0.717) is 0 Å². The SMILES string of the molecule is Clc1ccc(-c2cc3ccccc3c3ccccc23)c(Br)c1. The summed E-state index contributed by atoms with van der Waals surface area (Å²) in [6, 6.07) is 25.3. The van der Waals surface area contributed by atoms with Gasteiger partial charge in [0.05, 0.1) is 0 Å².